The van der Waals surface area contributed by atoms with Crippen molar-refractivity contribution in [3.63, 3.8) is 0 Å². The topological polar surface area (TPSA) is 63.4 Å². The van der Waals surface area contributed by atoms with Gasteiger partial charge in [-0.25, -0.2) is 8.42 Å². The number of nitrogen functional groups attached to an aromatic ring is 1. The fourth-order valence-electron chi connectivity index (χ4n) is 2.09. The van der Waals surface area contributed by atoms with E-state index in [1.807, 2.05) is 6.92 Å². The van der Waals surface area contributed by atoms with E-state index in [2.05, 4.69) is 0 Å². The molecule has 1 aromatic rings. The van der Waals surface area contributed by atoms with Gasteiger partial charge in [0.05, 0.1) is 4.90 Å². The van der Waals surface area contributed by atoms with E-state index in [-0.39, 0.29) is 4.90 Å². The minimum atomic E-state index is -3.52. The van der Waals surface area contributed by atoms with Crippen molar-refractivity contribution in [2.24, 2.45) is 0 Å². The Balaban J connectivity index is 2.45. The molecule has 1 heterocycles. The Labute approximate surface area is 123 Å². The monoisotopic (exact) mass is 320 g/mol. The summed E-state index contributed by atoms with van der Waals surface area (Å²) < 4.78 is 26.8. The van der Waals surface area contributed by atoms with Gasteiger partial charge in [-0.3, -0.25) is 0 Å². The average Bonchev–Trinajstić information content (AvgIpc) is 2.33. The van der Waals surface area contributed by atoms with Crippen LogP contribution < -0.4 is 5.73 Å². The molecule has 7 heteroatoms. The number of anilines is 1. The van der Waals surface area contributed by atoms with E-state index in [1.54, 1.807) is 24.8 Å². The smallest absolute Gasteiger partial charge is 0.243 e. The number of nitrogens with two attached hydrogens (primary N) is 1. The predicted octanol–water partition coefficient (Wildman–Crippen LogP) is 2.36. The van der Waals surface area contributed by atoms with E-state index >= 15 is 0 Å². The standard InChI is InChI=1S/C12H17ClN2O2S2/c1-8-7-15(3-4-18-8)19(16,17)12-6-10(13)5-11(14)9(12)2/h5-6,8H,3-4,7,14H2,1-2H3. The third kappa shape index (κ3) is 3.02. The summed E-state index contributed by atoms with van der Waals surface area (Å²) in [7, 11) is -3.52. The van der Waals surface area contributed by atoms with Crippen molar-refractivity contribution < 1.29 is 8.42 Å². The van der Waals surface area contributed by atoms with Gasteiger partial charge in [-0.05, 0) is 24.6 Å². The Morgan fingerprint density at radius 3 is 2.79 bits per heavy atom. The molecule has 0 aromatic heterocycles. The van der Waals surface area contributed by atoms with E-state index < -0.39 is 10.0 Å². The number of hydrogen-bond acceptors (Lipinski definition) is 4. The maximum Gasteiger partial charge on any atom is 0.243 e. The first-order valence-corrected chi connectivity index (χ1v) is 8.86. The number of nitrogens with zero attached hydrogens (tertiary/aromatic N) is 1. The normalized spacial score (nSPS) is 21.5. The molecule has 1 atom stereocenters. The number of sulfonamides is 1. The molecule has 0 amide bonds. The van der Waals surface area contributed by atoms with Gasteiger partial charge in [-0.15, -0.1) is 0 Å². The fourth-order valence-corrected chi connectivity index (χ4v) is 5.41. The average molecular weight is 321 g/mol. The van der Waals surface area contributed by atoms with Crippen LogP contribution in [0.3, 0.4) is 0 Å². The molecule has 1 aliphatic rings. The molecule has 0 saturated carbocycles. The van der Waals surface area contributed by atoms with Crippen LogP contribution in [0.1, 0.15) is 12.5 Å². The van der Waals surface area contributed by atoms with Crippen LogP contribution in [0.5, 0.6) is 0 Å². The first-order valence-electron chi connectivity index (χ1n) is 5.99. The highest BCUT2D eigenvalue weighted by Gasteiger charge is 2.30. The molecule has 19 heavy (non-hydrogen) atoms. The second kappa shape index (κ2) is 5.52. The van der Waals surface area contributed by atoms with Crippen LogP contribution in [0.4, 0.5) is 5.69 Å². The summed E-state index contributed by atoms with van der Waals surface area (Å²) in [5.74, 6) is 0.815. The van der Waals surface area contributed by atoms with Gasteiger partial charge in [0.2, 0.25) is 10.0 Å². The summed E-state index contributed by atoms with van der Waals surface area (Å²) in [4.78, 5) is 0.219. The van der Waals surface area contributed by atoms with Gasteiger partial charge in [0.15, 0.2) is 0 Å². The minimum Gasteiger partial charge on any atom is -0.398 e. The van der Waals surface area contributed by atoms with Crippen molar-refractivity contribution in [2.45, 2.75) is 24.0 Å². The number of rotatable bonds is 2. The van der Waals surface area contributed by atoms with Gasteiger partial charge in [-0.1, -0.05) is 18.5 Å². The van der Waals surface area contributed by atoms with Gasteiger partial charge < -0.3 is 5.73 Å². The summed E-state index contributed by atoms with van der Waals surface area (Å²) in [6, 6.07) is 3.06. The number of benzene rings is 1. The zero-order chi connectivity index (χ0) is 14.2. The third-order valence-corrected chi connectivity index (χ3v) is 6.53. The van der Waals surface area contributed by atoms with E-state index in [9.17, 15) is 8.42 Å². The van der Waals surface area contributed by atoms with Crippen molar-refractivity contribution in [1.82, 2.24) is 4.31 Å². The highest BCUT2D eigenvalue weighted by Crippen LogP contribution is 2.30. The van der Waals surface area contributed by atoms with Crippen LogP contribution in [0.2, 0.25) is 5.02 Å². The highest BCUT2D eigenvalue weighted by atomic mass is 35.5. The molecular weight excluding hydrogens is 304 g/mol. The minimum absolute atomic E-state index is 0.219. The molecule has 1 unspecified atom stereocenters. The predicted molar refractivity (Wildman–Crippen MR) is 81.3 cm³/mol. The SMILES string of the molecule is Cc1c(N)cc(Cl)cc1S(=O)(=O)N1CCSC(C)C1. The van der Waals surface area contributed by atoms with E-state index in [0.717, 1.165) is 5.75 Å². The first kappa shape index (κ1) is 15.0. The van der Waals surface area contributed by atoms with Crippen LogP contribution in [-0.2, 0) is 10.0 Å². The van der Waals surface area contributed by atoms with Gasteiger partial charge >= 0.3 is 0 Å². The second-order valence-electron chi connectivity index (χ2n) is 4.66. The van der Waals surface area contributed by atoms with E-state index in [4.69, 9.17) is 17.3 Å². The lowest BCUT2D eigenvalue weighted by Crippen LogP contribution is -2.41. The molecule has 106 valence electrons. The quantitative estimate of drug-likeness (QED) is 0.850. The van der Waals surface area contributed by atoms with Crippen molar-refractivity contribution in [2.75, 3.05) is 24.6 Å². The van der Waals surface area contributed by atoms with Crippen LogP contribution in [0.15, 0.2) is 17.0 Å². The lowest BCUT2D eigenvalue weighted by molar-refractivity contribution is 0.424. The lowest BCUT2D eigenvalue weighted by atomic mass is 10.2. The van der Waals surface area contributed by atoms with Crippen molar-refractivity contribution in [1.29, 1.82) is 0 Å². The molecule has 0 bridgehead atoms. The number of thioether (sulfide) groups is 1. The summed E-state index contributed by atoms with van der Waals surface area (Å²) in [5.41, 5.74) is 6.78. The second-order valence-corrected chi connectivity index (χ2v) is 8.55. The summed E-state index contributed by atoms with van der Waals surface area (Å²) >= 11 is 7.72. The molecule has 2 rings (SSSR count). The van der Waals surface area contributed by atoms with Crippen LogP contribution >= 0.6 is 23.4 Å². The van der Waals surface area contributed by atoms with Gasteiger partial charge in [-0.2, -0.15) is 16.1 Å². The van der Waals surface area contributed by atoms with Crippen molar-refractivity contribution in [3.8, 4) is 0 Å². The molecule has 1 aliphatic heterocycles. The first-order chi connectivity index (χ1) is 8.82. The fraction of sp³-hybridized carbons (Fsp3) is 0.500. The summed E-state index contributed by atoms with van der Waals surface area (Å²) in [5, 5.41) is 0.654. The van der Waals surface area contributed by atoms with Crippen molar-refractivity contribution in [3.05, 3.63) is 22.7 Å². The van der Waals surface area contributed by atoms with E-state index in [1.165, 1.54) is 10.4 Å². The van der Waals surface area contributed by atoms with Gasteiger partial charge in [0.25, 0.3) is 0 Å². The molecule has 1 aromatic carbocycles. The Hall–Kier alpha value is -0.430. The molecule has 4 nitrogen and oxygen atoms in total. The summed E-state index contributed by atoms with van der Waals surface area (Å²) in [6.07, 6.45) is 0. The molecule has 1 fully saturated rings. The molecule has 0 aliphatic carbocycles. The maximum absolute atomic E-state index is 12.7. The van der Waals surface area contributed by atoms with Crippen LogP contribution in [0, 0.1) is 6.92 Å². The summed E-state index contributed by atoms with van der Waals surface area (Å²) in [6.45, 7) is 4.80. The highest BCUT2D eigenvalue weighted by molar-refractivity contribution is 8.00. The van der Waals surface area contributed by atoms with Crippen LogP contribution in [-0.4, -0.2) is 36.8 Å². The Kier molecular flexibility index (Phi) is 4.35. The Morgan fingerprint density at radius 1 is 1.47 bits per heavy atom. The number of halogens is 1. The molecular formula is C12H17ClN2O2S2. The van der Waals surface area contributed by atoms with E-state index in [0.29, 0.717) is 34.6 Å². The molecule has 2 N–H and O–H groups in total. The van der Waals surface area contributed by atoms with Gasteiger partial charge in [0.1, 0.15) is 0 Å². The van der Waals surface area contributed by atoms with Gasteiger partial charge in [0, 0.05) is 34.8 Å². The zero-order valence-corrected chi connectivity index (χ0v) is 13.3. The molecule has 0 radical (unpaired) electrons. The number of hydrogen-bond donors (Lipinski definition) is 1. The van der Waals surface area contributed by atoms with Crippen molar-refractivity contribution >= 4 is 39.1 Å². The third-order valence-electron chi connectivity index (χ3n) is 3.19. The Bertz CT molecular complexity index is 590. The molecule has 0 spiro atoms. The largest absolute Gasteiger partial charge is 0.398 e. The molecule has 1 saturated heterocycles. The zero-order valence-electron chi connectivity index (χ0n) is 10.9. The Morgan fingerprint density at radius 2 is 2.16 bits per heavy atom. The van der Waals surface area contributed by atoms with Crippen LogP contribution in [0.25, 0.3) is 0 Å². The maximum atomic E-state index is 12.7. The lowest BCUT2D eigenvalue weighted by Gasteiger charge is -2.30.